The molecular formula is C19H26N4O3S. The highest BCUT2D eigenvalue weighted by molar-refractivity contribution is 7.99. The molecule has 0 unspecified atom stereocenters. The molecule has 3 rings (SSSR count). The second kappa shape index (κ2) is 9.64. The molecule has 1 aromatic carbocycles. The highest BCUT2D eigenvalue weighted by Gasteiger charge is 2.23. The smallest absolute Gasteiger partial charge is 0.316 e. The standard InChI is InChI=1S/C19H26N4O3S/c1-25-16-10-6-7-14(11-16)20-12-17-21-22-19(27-13-18(24)26-2)23(17)15-8-4-3-5-9-15/h6-7,10-11,15,20H,3-5,8-9,12-13H2,1-2H3. The average Bonchev–Trinajstić information content (AvgIpc) is 3.14. The van der Waals surface area contributed by atoms with Gasteiger partial charge in [-0.25, -0.2) is 0 Å². The van der Waals surface area contributed by atoms with Crippen LogP contribution >= 0.6 is 11.8 Å². The average molecular weight is 391 g/mol. The maximum absolute atomic E-state index is 11.5. The number of hydrogen-bond donors (Lipinski definition) is 1. The van der Waals surface area contributed by atoms with E-state index >= 15 is 0 Å². The van der Waals surface area contributed by atoms with E-state index in [9.17, 15) is 4.79 Å². The van der Waals surface area contributed by atoms with E-state index in [4.69, 9.17) is 9.47 Å². The SMILES string of the molecule is COC(=O)CSc1nnc(CNc2cccc(OC)c2)n1C1CCCCC1. The predicted molar refractivity (Wildman–Crippen MR) is 105 cm³/mol. The second-order valence-electron chi connectivity index (χ2n) is 6.51. The van der Waals surface area contributed by atoms with E-state index < -0.39 is 0 Å². The third-order valence-electron chi connectivity index (χ3n) is 4.74. The monoisotopic (exact) mass is 390 g/mol. The van der Waals surface area contributed by atoms with Crippen molar-refractivity contribution in [2.45, 2.75) is 49.8 Å². The first kappa shape index (κ1) is 19.5. The van der Waals surface area contributed by atoms with Crippen molar-refractivity contribution in [3.8, 4) is 5.75 Å². The molecule has 7 nitrogen and oxygen atoms in total. The maximum Gasteiger partial charge on any atom is 0.316 e. The number of ether oxygens (including phenoxy) is 2. The molecule has 0 atom stereocenters. The Bertz CT molecular complexity index is 759. The number of nitrogens with one attached hydrogen (secondary N) is 1. The molecular weight excluding hydrogens is 364 g/mol. The van der Waals surface area contributed by atoms with Crippen LogP contribution in [0.4, 0.5) is 5.69 Å². The quantitative estimate of drug-likeness (QED) is 0.544. The van der Waals surface area contributed by atoms with Crippen LogP contribution in [0.2, 0.25) is 0 Å². The number of thioether (sulfide) groups is 1. The van der Waals surface area contributed by atoms with Gasteiger partial charge in [-0.2, -0.15) is 0 Å². The number of hydrogen-bond acceptors (Lipinski definition) is 7. The second-order valence-corrected chi connectivity index (χ2v) is 7.45. The number of rotatable bonds is 8. The molecule has 0 amide bonds. The van der Waals surface area contributed by atoms with Gasteiger partial charge in [-0.15, -0.1) is 10.2 Å². The largest absolute Gasteiger partial charge is 0.497 e. The van der Waals surface area contributed by atoms with Crippen molar-refractivity contribution in [3.63, 3.8) is 0 Å². The molecule has 0 bridgehead atoms. The van der Waals surface area contributed by atoms with E-state index in [0.717, 1.165) is 35.3 Å². The molecule has 0 spiro atoms. The summed E-state index contributed by atoms with van der Waals surface area (Å²) in [4.78, 5) is 11.5. The van der Waals surface area contributed by atoms with Gasteiger partial charge in [0.2, 0.25) is 0 Å². The summed E-state index contributed by atoms with van der Waals surface area (Å²) < 4.78 is 12.2. The predicted octanol–water partition coefficient (Wildman–Crippen LogP) is 3.67. The summed E-state index contributed by atoms with van der Waals surface area (Å²) in [5, 5.41) is 12.9. The first-order chi connectivity index (χ1) is 13.2. The molecule has 0 aliphatic heterocycles. The molecule has 2 aromatic rings. The van der Waals surface area contributed by atoms with Gasteiger partial charge in [-0.3, -0.25) is 4.79 Å². The molecule has 1 N–H and O–H groups in total. The third-order valence-corrected chi connectivity index (χ3v) is 5.66. The summed E-state index contributed by atoms with van der Waals surface area (Å²) in [5.41, 5.74) is 0.969. The molecule has 1 aliphatic rings. The van der Waals surface area contributed by atoms with Crippen LogP contribution in [-0.2, 0) is 16.1 Å². The van der Waals surface area contributed by atoms with Crippen LogP contribution in [0.3, 0.4) is 0 Å². The third kappa shape index (κ3) is 5.15. The van der Waals surface area contributed by atoms with Crippen molar-refractivity contribution in [2.24, 2.45) is 0 Å². The minimum Gasteiger partial charge on any atom is -0.497 e. The number of nitrogens with zero attached hydrogens (tertiary/aromatic N) is 3. The number of carbonyl (C=O) groups excluding carboxylic acids is 1. The topological polar surface area (TPSA) is 78.3 Å². The van der Waals surface area contributed by atoms with Gasteiger partial charge in [-0.1, -0.05) is 37.1 Å². The van der Waals surface area contributed by atoms with Gasteiger partial charge in [0.05, 0.1) is 26.5 Å². The van der Waals surface area contributed by atoms with Gasteiger partial charge < -0.3 is 19.4 Å². The lowest BCUT2D eigenvalue weighted by atomic mass is 9.95. The fourth-order valence-electron chi connectivity index (χ4n) is 3.33. The Morgan fingerprint density at radius 3 is 2.81 bits per heavy atom. The van der Waals surface area contributed by atoms with Gasteiger partial charge in [0.15, 0.2) is 11.0 Å². The lowest BCUT2D eigenvalue weighted by molar-refractivity contribution is -0.137. The van der Waals surface area contributed by atoms with Gasteiger partial charge in [0.25, 0.3) is 0 Å². The van der Waals surface area contributed by atoms with E-state index in [1.54, 1.807) is 7.11 Å². The van der Waals surface area contributed by atoms with Crippen LogP contribution in [-0.4, -0.2) is 40.7 Å². The van der Waals surface area contributed by atoms with Crippen LogP contribution in [0, 0.1) is 0 Å². The van der Waals surface area contributed by atoms with E-state index in [1.165, 1.54) is 38.1 Å². The van der Waals surface area contributed by atoms with Crippen molar-refractivity contribution in [1.82, 2.24) is 14.8 Å². The summed E-state index contributed by atoms with van der Waals surface area (Å²) in [6, 6.07) is 8.20. The molecule has 1 fully saturated rings. The fourth-order valence-corrected chi connectivity index (χ4v) is 4.19. The van der Waals surface area contributed by atoms with Crippen LogP contribution in [0.5, 0.6) is 5.75 Å². The van der Waals surface area contributed by atoms with E-state index in [-0.39, 0.29) is 11.7 Å². The first-order valence-electron chi connectivity index (χ1n) is 9.22. The van der Waals surface area contributed by atoms with Crippen LogP contribution in [0.1, 0.15) is 44.0 Å². The Hall–Kier alpha value is -2.22. The highest BCUT2D eigenvalue weighted by Crippen LogP contribution is 2.33. The van der Waals surface area contributed by atoms with Crippen molar-refractivity contribution in [3.05, 3.63) is 30.1 Å². The summed E-state index contributed by atoms with van der Waals surface area (Å²) in [6.07, 6.45) is 5.95. The zero-order chi connectivity index (χ0) is 19.1. The number of carbonyl (C=O) groups is 1. The zero-order valence-corrected chi connectivity index (χ0v) is 16.6. The summed E-state index contributed by atoms with van der Waals surface area (Å²) in [5.74, 6) is 1.68. The molecule has 146 valence electrons. The summed E-state index contributed by atoms with van der Waals surface area (Å²) in [7, 11) is 3.06. The normalized spacial score (nSPS) is 14.7. The lowest BCUT2D eigenvalue weighted by Crippen LogP contribution is -2.18. The minimum atomic E-state index is -0.255. The van der Waals surface area contributed by atoms with Crippen LogP contribution in [0.15, 0.2) is 29.4 Å². The van der Waals surface area contributed by atoms with Crippen molar-refractivity contribution in [1.29, 1.82) is 0 Å². The van der Waals surface area contributed by atoms with Gasteiger partial charge in [0, 0.05) is 17.8 Å². The van der Waals surface area contributed by atoms with Gasteiger partial charge in [0.1, 0.15) is 5.75 Å². The number of benzene rings is 1. The van der Waals surface area contributed by atoms with Crippen molar-refractivity contribution < 1.29 is 14.3 Å². The van der Waals surface area contributed by atoms with Crippen molar-refractivity contribution in [2.75, 3.05) is 25.3 Å². The Morgan fingerprint density at radius 2 is 2.07 bits per heavy atom. The Kier molecular flexibility index (Phi) is 6.98. The first-order valence-corrected chi connectivity index (χ1v) is 10.2. The van der Waals surface area contributed by atoms with E-state index in [1.807, 2.05) is 24.3 Å². The number of anilines is 1. The molecule has 0 radical (unpaired) electrons. The molecule has 1 aromatic heterocycles. The van der Waals surface area contributed by atoms with Gasteiger partial charge in [-0.05, 0) is 25.0 Å². The fraction of sp³-hybridized carbons (Fsp3) is 0.526. The van der Waals surface area contributed by atoms with E-state index in [0.29, 0.717) is 12.6 Å². The maximum atomic E-state index is 11.5. The van der Waals surface area contributed by atoms with E-state index in [2.05, 4.69) is 20.1 Å². The van der Waals surface area contributed by atoms with Crippen LogP contribution in [0.25, 0.3) is 0 Å². The Balaban J connectivity index is 1.76. The molecule has 27 heavy (non-hydrogen) atoms. The Morgan fingerprint density at radius 1 is 1.26 bits per heavy atom. The molecule has 1 saturated carbocycles. The molecule has 1 heterocycles. The zero-order valence-electron chi connectivity index (χ0n) is 15.8. The number of aromatic nitrogens is 3. The lowest BCUT2D eigenvalue weighted by Gasteiger charge is -2.25. The Labute approximate surface area is 163 Å². The van der Waals surface area contributed by atoms with Crippen LogP contribution < -0.4 is 10.1 Å². The highest BCUT2D eigenvalue weighted by atomic mass is 32.2. The van der Waals surface area contributed by atoms with Crippen molar-refractivity contribution >= 4 is 23.4 Å². The summed E-state index contributed by atoms with van der Waals surface area (Å²) >= 11 is 1.39. The summed E-state index contributed by atoms with van der Waals surface area (Å²) in [6.45, 7) is 0.565. The molecule has 8 heteroatoms. The van der Waals surface area contributed by atoms with Gasteiger partial charge >= 0.3 is 5.97 Å². The molecule has 1 aliphatic carbocycles. The molecule has 0 saturated heterocycles. The number of esters is 1. The number of methoxy groups -OCH3 is 2. The minimum absolute atomic E-state index is 0.241.